The highest BCUT2D eigenvalue weighted by Crippen LogP contribution is 2.35. The van der Waals surface area contributed by atoms with Gasteiger partial charge in [-0.2, -0.15) is 0 Å². The Kier molecular flexibility index (Phi) is 0.436. The predicted octanol–water partition coefficient (Wildman–Crippen LogP) is 2.36. The highest BCUT2D eigenvalue weighted by molar-refractivity contribution is 5.02. The van der Waals surface area contributed by atoms with Crippen molar-refractivity contribution in [3.8, 4) is 0 Å². The third-order valence-electron chi connectivity index (χ3n) is 1.67. The minimum atomic E-state index is -0.482. The maximum absolute atomic E-state index is 7.64. The van der Waals surface area contributed by atoms with Gasteiger partial charge in [0.25, 0.3) is 0 Å². The summed E-state index contributed by atoms with van der Waals surface area (Å²) >= 11 is 0. The van der Waals surface area contributed by atoms with Crippen LogP contribution in [0.25, 0.3) is 0 Å². The quantitative estimate of drug-likeness (QED) is 0.422. The molecule has 0 spiro atoms. The van der Waals surface area contributed by atoms with Crippen LogP contribution in [0.3, 0.4) is 0 Å². The Labute approximate surface area is 56.2 Å². The Morgan fingerprint density at radius 3 is 1.75 bits per heavy atom. The van der Waals surface area contributed by atoms with Crippen molar-refractivity contribution in [3.63, 3.8) is 0 Å². The van der Waals surface area contributed by atoms with Gasteiger partial charge in [-0.05, 0) is 37.4 Å². The van der Waals surface area contributed by atoms with Gasteiger partial charge in [0.05, 0.1) is 0 Å². The number of rotatable bonds is 0. The monoisotopic (exact) mass is 112 g/mol. The van der Waals surface area contributed by atoms with E-state index < -0.39 is 25.6 Å². The molecule has 3 aliphatic carbocycles. The molecule has 0 aliphatic heterocycles. The van der Waals surface area contributed by atoms with Crippen LogP contribution < -0.4 is 0 Å². The van der Waals surface area contributed by atoms with Crippen LogP contribution in [-0.2, 0) is 0 Å². The van der Waals surface area contributed by atoms with E-state index in [-0.39, 0.29) is 11.8 Å². The van der Waals surface area contributed by atoms with E-state index in [2.05, 4.69) is 0 Å². The fraction of sp³-hybridized carbons (Fsp3) is 0.750. The highest BCUT2D eigenvalue weighted by atomic mass is 14.3. The van der Waals surface area contributed by atoms with Crippen LogP contribution in [-0.4, -0.2) is 0 Å². The molecule has 4 unspecified atom stereocenters. The molecule has 0 aromatic heterocycles. The van der Waals surface area contributed by atoms with Gasteiger partial charge in [0, 0.05) is 5.48 Å². The van der Waals surface area contributed by atoms with Gasteiger partial charge in [-0.3, -0.25) is 0 Å². The maximum Gasteiger partial charge on any atom is 0.0273 e. The molecule has 0 heterocycles. The number of hydrogen-bond donors (Lipinski definition) is 0. The van der Waals surface area contributed by atoms with Gasteiger partial charge < -0.3 is 0 Å². The third kappa shape index (κ3) is 0.594. The van der Waals surface area contributed by atoms with Crippen molar-refractivity contribution in [1.82, 2.24) is 0 Å². The number of hydrogen-bond acceptors (Lipinski definition) is 0. The molecule has 1 fully saturated rings. The van der Waals surface area contributed by atoms with E-state index in [1.165, 1.54) is 0 Å². The molecule has 3 rings (SSSR count). The molecule has 0 radical (unpaired) electrons. The first-order valence-corrected chi connectivity index (χ1v) is 3.00. The maximum atomic E-state index is 7.64. The van der Waals surface area contributed by atoms with Gasteiger partial charge in [-0.15, -0.1) is 0 Å². The number of allylic oxidation sites excluding steroid dienone is 2. The molecule has 1 saturated carbocycles. The standard InChI is InChI=1S/C8H12/c1-2-8-5-3-7(1)4-6-8/h1-2,7-8H,3-6H2/i3D,4D,5D,6D. The third-order valence-corrected chi connectivity index (χ3v) is 1.67. The molecule has 0 aromatic carbocycles. The Morgan fingerprint density at radius 2 is 1.38 bits per heavy atom. The second-order valence-electron chi connectivity index (χ2n) is 2.31. The zero-order valence-electron chi connectivity index (χ0n) is 8.62. The molecule has 0 amide bonds. The smallest absolute Gasteiger partial charge is 0.0273 e. The van der Waals surface area contributed by atoms with E-state index in [1.807, 2.05) is 12.2 Å². The first-order valence-electron chi connectivity index (χ1n) is 5.31. The van der Waals surface area contributed by atoms with Gasteiger partial charge >= 0.3 is 0 Å². The minimum Gasteiger partial charge on any atom is -0.0851 e. The van der Waals surface area contributed by atoms with E-state index in [0.29, 0.717) is 0 Å². The van der Waals surface area contributed by atoms with Crippen molar-refractivity contribution in [2.75, 3.05) is 0 Å². The second-order valence-corrected chi connectivity index (χ2v) is 2.31. The summed E-state index contributed by atoms with van der Waals surface area (Å²) < 4.78 is 30.6. The average Bonchev–Trinajstić information content (AvgIpc) is 2.05. The van der Waals surface area contributed by atoms with Gasteiger partial charge in [0.15, 0.2) is 0 Å². The molecule has 0 saturated heterocycles. The summed E-state index contributed by atoms with van der Waals surface area (Å²) in [5.41, 5.74) is 0. The molecule has 0 aromatic rings. The average molecular weight is 112 g/mol. The lowest BCUT2D eigenvalue weighted by atomic mass is 9.76. The van der Waals surface area contributed by atoms with Crippen LogP contribution in [0.4, 0.5) is 0 Å². The van der Waals surface area contributed by atoms with Crippen LogP contribution in [0.2, 0.25) is 0 Å². The van der Waals surface area contributed by atoms with E-state index in [9.17, 15) is 0 Å². The molecule has 44 valence electrons. The fourth-order valence-corrected chi connectivity index (χ4v) is 1.15. The van der Waals surface area contributed by atoms with Crippen molar-refractivity contribution >= 4 is 0 Å². The van der Waals surface area contributed by atoms with Crippen LogP contribution in [0.15, 0.2) is 12.2 Å². The number of fused-ring (bicyclic) bond motifs is 2. The molecular weight excluding hydrogens is 96.1 g/mol. The molecule has 0 N–H and O–H groups in total. The molecule has 4 atom stereocenters. The van der Waals surface area contributed by atoms with Gasteiger partial charge in [-0.25, -0.2) is 0 Å². The first-order chi connectivity index (χ1) is 5.63. The lowest BCUT2D eigenvalue weighted by Crippen LogP contribution is -2.16. The topological polar surface area (TPSA) is 0 Å². The van der Waals surface area contributed by atoms with Crippen molar-refractivity contribution in [2.24, 2.45) is 11.8 Å². The Hall–Kier alpha value is -0.260. The van der Waals surface area contributed by atoms with E-state index in [1.54, 1.807) is 0 Å². The summed E-state index contributed by atoms with van der Waals surface area (Å²) in [5.74, 6) is -0.361. The molecular formula is C8H12. The first kappa shape index (κ1) is 2.17. The van der Waals surface area contributed by atoms with Crippen LogP contribution in [0.1, 0.15) is 31.1 Å². The van der Waals surface area contributed by atoms with Gasteiger partial charge in [0.2, 0.25) is 0 Å². The van der Waals surface area contributed by atoms with Crippen molar-refractivity contribution < 1.29 is 5.48 Å². The molecule has 2 bridgehead atoms. The summed E-state index contributed by atoms with van der Waals surface area (Å²) in [4.78, 5) is 0. The largest absolute Gasteiger partial charge is 0.0851 e. The minimum absolute atomic E-state index is 0.181. The van der Waals surface area contributed by atoms with Gasteiger partial charge in [0.1, 0.15) is 0 Å². The Balaban J connectivity index is 2.32. The fourth-order valence-electron chi connectivity index (χ4n) is 1.15. The van der Waals surface area contributed by atoms with Crippen molar-refractivity contribution in [2.45, 2.75) is 25.6 Å². The molecule has 0 heteroatoms. The summed E-state index contributed by atoms with van der Waals surface area (Å²) in [7, 11) is 0. The molecule has 3 aliphatic rings. The summed E-state index contributed by atoms with van der Waals surface area (Å²) in [5, 5.41) is 0. The Bertz CT molecular complexity index is 177. The zero-order valence-corrected chi connectivity index (χ0v) is 4.62. The Morgan fingerprint density at radius 1 is 1.00 bits per heavy atom. The summed E-state index contributed by atoms with van der Waals surface area (Å²) in [6.45, 7) is 0. The van der Waals surface area contributed by atoms with Crippen molar-refractivity contribution in [1.29, 1.82) is 0 Å². The second kappa shape index (κ2) is 1.61. The molecule has 8 heavy (non-hydrogen) atoms. The normalized spacial score (nSPS) is 87.0. The highest BCUT2D eigenvalue weighted by Gasteiger charge is 2.21. The summed E-state index contributed by atoms with van der Waals surface area (Å²) in [6, 6.07) is 0. The lowest BCUT2D eigenvalue weighted by Gasteiger charge is -2.29. The van der Waals surface area contributed by atoms with Gasteiger partial charge in [-0.1, -0.05) is 12.2 Å². The van der Waals surface area contributed by atoms with Crippen molar-refractivity contribution in [3.05, 3.63) is 12.2 Å². The van der Waals surface area contributed by atoms with E-state index >= 15 is 0 Å². The van der Waals surface area contributed by atoms with Crippen LogP contribution >= 0.6 is 0 Å². The van der Waals surface area contributed by atoms with Crippen LogP contribution in [0.5, 0.6) is 0 Å². The van der Waals surface area contributed by atoms with Crippen LogP contribution in [0, 0.1) is 11.8 Å². The summed E-state index contributed by atoms with van der Waals surface area (Å²) in [6.07, 6.45) is 1.79. The van der Waals surface area contributed by atoms with E-state index in [4.69, 9.17) is 5.48 Å². The van der Waals surface area contributed by atoms with E-state index in [0.717, 1.165) is 0 Å². The molecule has 0 nitrogen and oxygen atoms in total. The predicted molar refractivity (Wildman–Crippen MR) is 34.6 cm³/mol. The lowest BCUT2D eigenvalue weighted by molar-refractivity contribution is 0.329. The SMILES string of the molecule is [2H]C1C([2H])C2C=CC1C([2H])C2[2H]. The zero-order chi connectivity index (χ0) is 8.88.